The molecule has 20 heavy (non-hydrogen) atoms. The minimum atomic E-state index is -0.244. The van der Waals surface area contributed by atoms with Crippen LogP contribution in [-0.2, 0) is 6.54 Å². The van der Waals surface area contributed by atoms with Crippen molar-refractivity contribution in [3.63, 3.8) is 0 Å². The van der Waals surface area contributed by atoms with Gasteiger partial charge in [-0.1, -0.05) is 0 Å². The molecule has 0 saturated heterocycles. The fourth-order valence-electron chi connectivity index (χ4n) is 1.81. The SMILES string of the molecule is COc1ccc(C(=O)NCCn2cc(C)cn2)cc1O. The van der Waals surface area contributed by atoms with Crippen LogP contribution in [0.5, 0.6) is 11.5 Å². The number of benzene rings is 1. The molecule has 0 aliphatic carbocycles. The summed E-state index contributed by atoms with van der Waals surface area (Å²) in [7, 11) is 1.46. The number of carbonyl (C=O) groups excluding carboxylic acids is 1. The zero-order chi connectivity index (χ0) is 14.5. The van der Waals surface area contributed by atoms with Gasteiger partial charge in [0.25, 0.3) is 5.91 Å². The third-order valence-electron chi connectivity index (χ3n) is 2.83. The summed E-state index contributed by atoms with van der Waals surface area (Å²) in [4.78, 5) is 11.9. The Hall–Kier alpha value is -2.50. The summed E-state index contributed by atoms with van der Waals surface area (Å²) < 4.78 is 6.69. The molecule has 0 saturated carbocycles. The van der Waals surface area contributed by atoms with E-state index in [4.69, 9.17) is 4.74 Å². The molecule has 0 aliphatic heterocycles. The largest absolute Gasteiger partial charge is 0.504 e. The number of phenols is 1. The van der Waals surface area contributed by atoms with Crippen molar-refractivity contribution < 1.29 is 14.6 Å². The number of nitrogens with zero attached hydrogens (tertiary/aromatic N) is 2. The number of nitrogens with one attached hydrogen (secondary N) is 1. The number of carbonyl (C=O) groups is 1. The molecule has 0 fully saturated rings. The maximum atomic E-state index is 11.9. The van der Waals surface area contributed by atoms with Gasteiger partial charge in [0, 0.05) is 18.3 Å². The van der Waals surface area contributed by atoms with Gasteiger partial charge in [-0.3, -0.25) is 9.48 Å². The van der Waals surface area contributed by atoms with Crippen LogP contribution in [0, 0.1) is 6.92 Å². The van der Waals surface area contributed by atoms with E-state index in [0.29, 0.717) is 24.4 Å². The quantitative estimate of drug-likeness (QED) is 0.863. The van der Waals surface area contributed by atoms with Crippen LogP contribution >= 0.6 is 0 Å². The van der Waals surface area contributed by atoms with E-state index in [9.17, 15) is 9.90 Å². The second-order valence-corrected chi connectivity index (χ2v) is 4.42. The zero-order valence-electron chi connectivity index (χ0n) is 11.5. The topological polar surface area (TPSA) is 76.4 Å². The standard InChI is InChI=1S/C14H17N3O3/c1-10-8-16-17(9-10)6-5-15-14(19)11-3-4-13(20-2)12(18)7-11/h3-4,7-9,18H,5-6H2,1-2H3,(H,15,19). The van der Waals surface area contributed by atoms with Crippen LogP contribution in [0.15, 0.2) is 30.6 Å². The lowest BCUT2D eigenvalue weighted by atomic mass is 10.2. The van der Waals surface area contributed by atoms with E-state index in [0.717, 1.165) is 5.56 Å². The number of aromatic nitrogens is 2. The Morgan fingerprint density at radius 1 is 1.50 bits per heavy atom. The Bertz CT molecular complexity index is 607. The monoisotopic (exact) mass is 275 g/mol. The summed E-state index contributed by atoms with van der Waals surface area (Å²) >= 11 is 0. The van der Waals surface area contributed by atoms with Gasteiger partial charge in [-0.15, -0.1) is 0 Å². The van der Waals surface area contributed by atoms with Crippen molar-refractivity contribution in [2.75, 3.05) is 13.7 Å². The molecule has 0 unspecified atom stereocenters. The maximum absolute atomic E-state index is 11.9. The van der Waals surface area contributed by atoms with Crippen LogP contribution < -0.4 is 10.1 Å². The van der Waals surface area contributed by atoms with Crippen LogP contribution in [0.3, 0.4) is 0 Å². The number of amides is 1. The third-order valence-corrected chi connectivity index (χ3v) is 2.83. The number of rotatable bonds is 5. The van der Waals surface area contributed by atoms with Gasteiger partial charge in [0.15, 0.2) is 11.5 Å². The fraction of sp³-hybridized carbons (Fsp3) is 0.286. The van der Waals surface area contributed by atoms with Gasteiger partial charge in [0.1, 0.15) is 0 Å². The van der Waals surface area contributed by atoms with Crippen molar-refractivity contribution in [3.8, 4) is 11.5 Å². The fourth-order valence-corrected chi connectivity index (χ4v) is 1.81. The van der Waals surface area contributed by atoms with Gasteiger partial charge >= 0.3 is 0 Å². The highest BCUT2D eigenvalue weighted by molar-refractivity contribution is 5.94. The first-order valence-electron chi connectivity index (χ1n) is 6.24. The van der Waals surface area contributed by atoms with Gasteiger partial charge in [0.2, 0.25) is 0 Å². The number of hydrogen-bond donors (Lipinski definition) is 2. The molecule has 2 rings (SSSR count). The number of aromatic hydroxyl groups is 1. The molecule has 2 aromatic rings. The first-order valence-corrected chi connectivity index (χ1v) is 6.24. The lowest BCUT2D eigenvalue weighted by Crippen LogP contribution is -2.27. The predicted octanol–water partition coefficient (Wildman–Crippen LogP) is 1.34. The number of hydrogen-bond acceptors (Lipinski definition) is 4. The first-order chi connectivity index (χ1) is 9.60. The number of phenolic OH excluding ortho intramolecular Hbond substituents is 1. The van der Waals surface area contributed by atoms with Crippen molar-refractivity contribution >= 4 is 5.91 Å². The van der Waals surface area contributed by atoms with Crippen LogP contribution in [-0.4, -0.2) is 34.4 Å². The first kappa shape index (κ1) is 13.9. The Morgan fingerprint density at radius 3 is 2.90 bits per heavy atom. The summed E-state index contributed by atoms with van der Waals surface area (Å²) in [6.45, 7) is 3.02. The number of aryl methyl sites for hydroxylation is 1. The van der Waals surface area contributed by atoms with E-state index in [1.807, 2.05) is 13.1 Å². The van der Waals surface area contributed by atoms with Crippen LogP contribution in [0.2, 0.25) is 0 Å². The average Bonchev–Trinajstić information content (AvgIpc) is 2.84. The lowest BCUT2D eigenvalue weighted by Gasteiger charge is -2.07. The highest BCUT2D eigenvalue weighted by Gasteiger charge is 2.09. The minimum Gasteiger partial charge on any atom is -0.504 e. The molecule has 6 heteroatoms. The van der Waals surface area contributed by atoms with E-state index in [-0.39, 0.29) is 11.7 Å². The predicted molar refractivity (Wildman–Crippen MR) is 74.0 cm³/mol. The summed E-state index contributed by atoms with van der Waals surface area (Å²) in [5, 5.41) is 16.5. The Labute approximate surface area is 117 Å². The summed E-state index contributed by atoms with van der Waals surface area (Å²) in [6, 6.07) is 4.54. The van der Waals surface area contributed by atoms with Crippen molar-refractivity contribution in [1.82, 2.24) is 15.1 Å². The molecular weight excluding hydrogens is 258 g/mol. The van der Waals surface area contributed by atoms with Gasteiger partial charge in [-0.05, 0) is 30.7 Å². The summed E-state index contributed by atoms with van der Waals surface area (Å²) in [5.74, 6) is 0.0447. The van der Waals surface area contributed by atoms with Gasteiger partial charge in [-0.2, -0.15) is 5.10 Å². The van der Waals surface area contributed by atoms with Crippen LogP contribution in [0.25, 0.3) is 0 Å². The summed E-state index contributed by atoms with van der Waals surface area (Å²) in [6.07, 6.45) is 3.68. The molecule has 0 aliphatic rings. The second kappa shape index (κ2) is 6.10. The molecule has 1 heterocycles. The van der Waals surface area contributed by atoms with Crippen molar-refractivity contribution in [2.45, 2.75) is 13.5 Å². The molecule has 2 N–H and O–H groups in total. The zero-order valence-corrected chi connectivity index (χ0v) is 11.5. The smallest absolute Gasteiger partial charge is 0.251 e. The average molecular weight is 275 g/mol. The molecule has 0 bridgehead atoms. The molecule has 1 aromatic carbocycles. The molecule has 106 valence electrons. The third kappa shape index (κ3) is 3.28. The molecular formula is C14H17N3O3. The number of methoxy groups -OCH3 is 1. The van der Waals surface area contributed by atoms with Crippen LogP contribution in [0.4, 0.5) is 0 Å². The van der Waals surface area contributed by atoms with E-state index in [2.05, 4.69) is 10.4 Å². The van der Waals surface area contributed by atoms with Gasteiger partial charge in [0.05, 0.1) is 19.9 Å². The number of ether oxygens (including phenoxy) is 1. The van der Waals surface area contributed by atoms with Crippen molar-refractivity contribution in [2.24, 2.45) is 0 Å². The summed E-state index contributed by atoms with van der Waals surface area (Å²) in [5.41, 5.74) is 1.47. The van der Waals surface area contributed by atoms with E-state index >= 15 is 0 Å². The highest BCUT2D eigenvalue weighted by atomic mass is 16.5. The molecule has 0 atom stereocenters. The molecule has 0 spiro atoms. The normalized spacial score (nSPS) is 10.3. The lowest BCUT2D eigenvalue weighted by molar-refractivity contribution is 0.0951. The minimum absolute atomic E-state index is 0.0529. The van der Waals surface area contributed by atoms with Crippen molar-refractivity contribution in [3.05, 3.63) is 41.7 Å². The van der Waals surface area contributed by atoms with Gasteiger partial charge in [-0.25, -0.2) is 0 Å². The van der Waals surface area contributed by atoms with Gasteiger partial charge < -0.3 is 15.2 Å². The highest BCUT2D eigenvalue weighted by Crippen LogP contribution is 2.25. The molecule has 1 amide bonds. The second-order valence-electron chi connectivity index (χ2n) is 4.42. The van der Waals surface area contributed by atoms with Crippen LogP contribution in [0.1, 0.15) is 15.9 Å². The molecule has 6 nitrogen and oxygen atoms in total. The Kier molecular flexibility index (Phi) is 4.24. The van der Waals surface area contributed by atoms with E-state index in [1.54, 1.807) is 23.0 Å². The molecule has 1 aromatic heterocycles. The maximum Gasteiger partial charge on any atom is 0.251 e. The van der Waals surface area contributed by atoms with Crippen molar-refractivity contribution in [1.29, 1.82) is 0 Å². The molecule has 0 radical (unpaired) electrons. The Balaban J connectivity index is 1.90. The van der Waals surface area contributed by atoms with E-state index < -0.39 is 0 Å². The van der Waals surface area contributed by atoms with E-state index in [1.165, 1.54) is 13.2 Å². The Morgan fingerprint density at radius 2 is 2.30 bits per heavy atom.